The normalized spacial score (nSPS) is 12.0. The molecule has 1 aromatic heterocycles. The molecule has 2 N–H and O–H groups in total. The zero-order valence-electron chi connectivity index (χ0n) is 21.4. The molecule has 1 heterocycles. The number of allylic oxidation sites excluding steroid dienone is 5. The fraction of sp³-hybridized carbons (Fsp3) is 0.464. The second-order valence-electron chi connectivity index (χ2n) is 9.24. The maximum absolute atomic E-state index is 13.0. The standard InChI is InChI=1S/C27H37N5O3.CH4/c1-7-8-9-10-24(33)32(25(19(4)5)27(34)35)17-21-12-14-22(15-13-21)20(6)23(16-11-18(2)3)26-28-30-31-29-26;/h11-16,19,25H,6-10,17H2,1-5H3,(H,34,35)(H,28,29,30,31);1H4/b23-16+;. The van der Waals surface area contributed by atoms with Crippen molar-refractivity contribution in [2.75, 3.05) is 0 Å². The molecule has 0 bridgehead atoms. The molecule has 0 fully saturated rings. The molecule has 0 spiro atoms. The fourth-order valence-corrected chi connectivity index (χ4v) is 3.79. The number of benzene rings is 1. The summed E-state index contributed by atoms with van der Waals surface area (Å²) in [4.78, 5) is 26.5. The second kappa shape index (κ2) is 14.8. The van der Waals surface area contributed by atoms with Gasteiger partial charge in [0.05, 0.1) is 0 Å². The Kier molecular flexibility index (Phi) is 12.5. The summed E-state index contributed by atoms with van der Waals surface area (Å²) >= 11 is 0. The number of carboxylic acid groups (broad SMARTS) is 1. The average molecular weight is 496 g/mol. The number of rotatable bonds is 13. The van der Waals surface area contributed by atoms with Crippen LogP contribution in [0.5, 0.6) is 0 Å². The van der Waals surface area contributed by atoms with Gasteiger partial charge in [-0.3, -0.25) is 4.79 Å². The Bertz CT molecular complexity index is 1050. The van der Waals surface area contributed by atoms with Crippen LogP contribution in [0.4, 0.5) is 0 Å². The van der Waals surface area contributed by atoms with Crippen LogP contribution in [-0.4, -0.2) is 48.5 Å². The van der Waals surface area contributed by atoms with Crippen LogP contribution in [0.25, 0.3) is 11.1 Å². The lowest BCUT2D eigenvalue weighted by Gasteiger charge is -2.32. The molecule has 0 aliphatic carbocycles. The van der Waals surface area contributed by atoms with Crippen LogP contribution < -0.4 is 0 Å². The van der Waals surface area contributed by atoms with E-state index in [-0.39, 0.29) is 25.8 Å². The number of H-pyrrole nitrogens is 1. The number of unbranched alkanes of at least 4 members (excludes halogenated alkanes) is 2. The molecule has 8 heteroatoms. The summed E-state index contributed by atoms with van der Waals surface area (Å²) in [6.07, 6.45) is 6.92. The highest BCUT2D eigenvalue weighted by molar-refractivity contribution is 6.02. The molecule has 196 valence electrons. The summed E-state index contributed by atoms with van der Waals surface area (Å²) in [6.45, 7) is 14.2. The zero-order chi connectivity index (χ0) is 26.0. The van der Waals surface area contributed by atoms with Gasteiger partial charge in [0.25, 0.3) is 0 Å². The number of aliphatic carboxylic acids is 1. The number of nitrogens with zero attached hydrogens (tertiary/aromatic N) is 4. The number of amides is 1. The van der Waals surface area contributed by atoms with Gasteiger partial charge in [-0.2, -0.15) is 5.21 Å². The van der Waals surface area contributed by atoms with Crippen LogP contribution in [-0.2, 0) is 16.1 Å². The van der Waals surface area contributed by atoms with Gasteiger partial charge in [-0.1, -0.05) is 89.6 Å². The molecular weight excluding hydrogens is 454 g/mol. The third-order valence-electron chi connectivity index (χ3n) is 5.68. The van der Waals surface area contributed by atoms with E-state index >= 15 is 0 Å². The number of nitrogens with one attached hydrogen (secondary N) is 1. The molecule has 0 saturated carbocycles. The third-order valence-corrected chi connectivity index (χ3v) is 5.68. The molecule has 1 amide bonds. The molecule has 36 heavy (non-hydrogen) atoms. The number of carboxylic acids is 1. The number of aromatic nitrogens is 4. The van der Waals surface area contributed by atoms with E-state index in [0.29, 0.717) is 12.2 Å². The predicted molar refractivity (Wildman–Crippen MR) is 145 cm³/mol. The van der Waals surface area contributed by atoms with Crippen molar-refractivity contribution in [3.05, 3.63) is 65.5 Å². The molecule has 0 radical (unpaired) electrons. The van der Waals surface area contributed by atoms with Gasteiger partial charge in [0.15, 0.2) is 0 Å². The van der Waals surface area contributed by atoms with E-state index in [1.807, 2.05) is 64.1 Å². The maximum Gasteiger partial charge on any atom is 0.326 e. The van der Waals surface area contributed by atoms with Crippen molar-refractivity contribution in [2.45, 2.75) is 80.3 Å². The quantitative estimate of drug-likeness (QED) is 0.264. The van der Waals surface area contributed by atoms with Gasteiger partial charge in [0.1, 0.15) is 6.04 Å². The number of carbonyl (C=O) groups excluding carboxylic acids is 1. The first-order valence-electron chi connectivity index (χ1n) is 12.1. The monoisotopic (exact) mass is 495 g/mol. The van der Waals surface area contributed by atoms with Gasteiger partial charge in [0.2, 0.25) is 11.7 Å². The lowest BCUT2D eigenvalue weighted by Crippen LogP contribution is -2.47. The molecule has 1 aromatic carbocycles. The number of aromatic amines is 1. The van der Waals surface area contributed by atoms with Gasteiger partial charge in [0, 0.05) is 18.5 Å². The average Bonchev–Trinajstić information content (AvgIpc) is 3.33. The number of tetrazole rings is 1. The Labute approximate surface area is 215 Å². The van der Waals surface area contributed by atoms with E-state index in [9.17, 15) is 14.7 Å². The molecule has 1 unspecified atom stereocenters. The molecule has 0 aliphatic heterocycles. The van der Waals surface area contributed by atoms with Gasteiger partial charge in [-0.25, -0.2) is 4.79 Å². The van der Waals surface area contributed by atoms with Crippen molar-refractivity contribution in [2.24, 2.45) is 5.92 Å². The molecule has 2 aromatic rings. The highest BCUT2D eigenvalue weighted by Gasteiger charge is 2.32. The summed E-state index contributed by atoms with van der Waals surface area (Å²) in [6, 6.07) is 6.76. The summed E-state index contributed by atoms with van der Waals surface area (Å²) < 4.78 is 0. The first-order valence-corrected chi connectivity index (χ1v) is 12.1. The Morgan fingerprint density at radius 2 is 1.81 bits per heavy atom. The second-order valence-corrected chi connectivity index (χ2v) is 9.24. The third kappa shape index (κ3) is 8.59. The minimum absolute atomic E-state index is 0. The molecule has 0 aliphatic rings. The molecule has 0 saturated heterocycles. The molecular formula is C28H41N5O3. The lowest BCUT2D eigenvalue weighted by atomic mass is 9.96. The molecule has 8 nitrogen and oxygen atoms in total. The Morgan fingerprint density at radius 3 is 2.31 bits per heavy atom. The number of hydrogen-bond donors (Lipinski definition) is 2. The van der Waals surface area contributed by atoms with Crippen molar-refractivity contribution in [1.29, 1.82) is 0 Å². The van der Waals surface area contributed by atoms with Gasteiger partial charge in [-0.15, -0.1) is 10.2 Å². The van der Waals surface area contributed by atoms with Gasteiger partial charge < -0.3 is 10.0 Å². The number of hydrogen-bond acceptors (Lipinski definition) is 5. The van der Waals surface area contributed by atoms with E-state index < -0.39 is 12.0 Å². The molecule has 1 atom stereocenters. The maximum atomic E-state index is 13.0. The lowest BCUT2D eigenvalue weighted by molar-refractivity contribution is -0.153. The first kappa shape index (κ1) is 30.5. The van der Waals surface area contributed by atoms with Crippen LogP contribution >= 0.6 is 0 Å². The summed E-state index contributed by atoms with van der Waals surface area (Å²) in [5.41, 5.74) is 4.31. The van der Waals surface area contributed by atoms with Crippen molar-refractivity contribution in [3.8, 4) is 0 Å². The minimum Gasteiger partial charge on any atom is -0.480 e. The summed E-state index contributed by atoms with van der Waals surface area (Å²) in [5.74, 6) is -0.874. The highest BCUT2D eigenvalue weighted by atomic mass is 16.4. The van der Waals surface area contributed by atoms with Crippen molar-refractivity contribution in [1.82, 2.24) is 25.5 Å². The van der Waals surface area contributed by atoms with Crippen LogP contribution in [0.2, 0.25) is 0 Å². The Morgan fingerprint density at radius 1 is 1.14 bits per heavy atom. The fourth-order valence-electron chi connectivity index (χ4n) is 3.79. The van der Waals surface area contributed by atoms with Gasteiger partial charge >= 0.3 is 5.97 Å². The van der Waals surface area contributed by atoms with E-state index in [0.717, 1.165) is 47.1 Å². The smallest absolute Gasteiger partial charge is 0.326 e. The van der Waals surface area contributed by atoms with E-state index in [4.69, 9.17) is 0 Å². The largest absolute Gasteiger partial charge is 0.480 e. The topological polar surface area (TPSA) is 112 Å². The summed E-state index contributed by atoms with van der Waals surface area (Å²) in [7, 11) is 0. The molecule has 2 rings (SSSR count). The van der Waals surface area contributed by atoms with Crippen LogP contribution in [0.1, 0.15) is 84.7 Å². The van der Waals surface area contributed by atoms with Crippen molar-refractivity contribution >= 4 is 23.0 Å². The Balaban J connectivity index is 0.00000648. The van der Waals surface area contributed by atoms with Gasteiger partial charge in [-0.05, 0) is 48.1 Å². The van der Waals surface area contributed by atoms with Crippen LogP contribution in [0, 0.1) is 5.92 Å². The highest BCUT2D eigenvalue weighted by Crippen LogP contribution is 2.28. The SMILES string of the molecule is C.C=C(/C(=C\C=C(C)C)c1nn[nH]n1)c1ccc(CN(C(=O)CCCCC)C(C(=O)O)C(C)C)cc1. The van der Waals surface area contributed by atoms with E-state index in [2.05, 4.69) is 34.1 Å². The van der Waals surface area contributed by atoms with E-state index in [1.54, 1.807) is 0 Å². The van der Waals surface area contributed by atoms with Crippen LogP contribution in [0.15, 0.2) is 48.6 Å². The van der Waals surface area contributed by atoms with Crippen LogP contribution in [0.3, 0.4) is 0 Å². The predicted octanol–water partition coefficient (Wildman–Crippen LogP) is 5.92. The van der Waals surface area contributed by atoms with E-state index in [1.165, 1.54) is 4.90 Å². The summed E-state index contributed by atoms with van der Waals surface area (Å²) in [5, 5.41) is 24.2. The minimum atomic E-state index is -0.983. The van der Waals surface area contributed by atoms with Crippen molar-refractivity contribution in [3.63, 3.8) is 0 Å². The Hall–Kier alpha value is -3.55. The zero-order valence-corrected chi connectivity index (χ0v) is 21.4. The number of carbonyl (C=O) groups is 2. The first-order chi connectivity index (χ1) is 16.6. The van der Waals surface area contributed by atoms with Crippen molar-refractivity contribution < 1.29 is 14.7 Å².